The Hall–Kier alpha value is 0.422. The summed E-state index contributed by atoms with van der Waals surface area (Å²) in [5.74, 6) is -0.361. The van der Waals surface area contributed by atoms with Crippen LogP contribution in [0, 0.1) is 0 Å². The molecule has 0 aliphatic carbocycles. The van der Waals surface area contributed by atoms with Crippen LogP contribution in [0.2, 0.25) is 0 Å². The number of hydrogen-bond donors (Lipinski definition) is 0. The fourth-order valence-electron chi connectivity index (χ4n) is 0.0907. The van der Waals surface area contributed by atoms with E-state index in [-0.39, 0.29) is 32.2 Å². The second-order valence-electron chi connectivity index (χ2n) is 0.730. The van der Waals surface area contributed by atoms with Crippen LogP contribution in [-0.4, -0.2) is 32.2 Å². The fraction of sp³-hybridized carbons (Fsp3) is 0. The zero-order valence-corrected chi connectivity index (χ0v) is 8.67. The van der Waals surface area contributed by atoms with Crippen molar-refractivity contribution in [3.63, 3.8) is 0 Å². The first-order chi connectivity index (χ1) is 3.31. The van der Waals surface area contributed by atoms with Gasteiger partial charge in [0.25, 0.3) is 0 Å². The Morgan fingerprint density at radius 3 is 2.57 bits per heavy atom. The molecule has 0 atom stereocenters. The van der Waals surface area contributed by atoms with Gasteiger partial charge in [0, 0.05) is 0 Å². The molecule has 7 heavy (non-hydrogen) atoms. The number of rotatable bonds is 1. The molecule has 0 amide bonds. The van der Waals surface area contributed by atoms with Crippen LogP contribution < -0.4 is 0 Å². The van der Waals surface area contributed by atoms with Crippen LogP contribution in [0.25, 0.3) is 0 Å². The van der Waals surface area contributed by atoms with Crippen LogP contribution >= 0.6 is 11.6 Å². The summed E-state index contributed by atoms with van der Waals surface area (Å²) >= 11 is 5.27. The van der Waals surface area contributed by atoms with Crippen LogP contribution in [0.15, 0.2) is 11.6 Å². The van der Waals surface area contributed by atoms with Crippen LogP contribution in [0.1, 0.15) is 0 Å². The Kier molecular flexibility index (Phi) is 4.85. The van der Waals surface area contributed by atoms with E-state index < -0.39 is 0 Å². The molecular weight excluding hydrogens is 308 g/mol. The molecule has 0 rings (SSSR count). The Balaban J connectivity index is 3.37. The van der Waals surface area contributed by atoms with Gasteiger partial charge in [-0.05, 0) is 0 Å². The molecule has 0 heterocycles. The van der Waals surface area contributed by atoms with Gasteiger partial charge in [-0.1, -0.05) is 0 Å². The molecule has 2 nitrogen and oxygen atoms in total. The first kappa shape index (κ1) is 7.42. The summed E-state index contributed by atoms with van der Waals surface area (Å²) in [6, 6.07) is 0. The summed E-state index contributed by atoms with van der Waals surface area (Å²) in [5.41, 5.74) is 1.13. The first-order valence-electron chi connectivity index (χ1n) is 1.48. The van der Waals surface area contributed by atoms with E-state index in [1.54, 1.807) is 0 Å². The van der Waals surface area contributed by atoms with Crippen molar-refractivity contribution >= 4 is 43.8 Å². The van der Waals surface area contributed by atoms with Crippen molar-refractivity contribution in [1.82, 2.24) is 0 Å². The van der Waals surface area contributed by atoms with E-state index in [1.165, 1.54) is 6.08 Å². The summed E-state index contributed by atoms with van der Waals surface area (Å²) in [7, 11) is 0. The topological polar surface area (TPSA) is 26.3 Å². The predicted octanol–water partition coefficient (Wildman–Crippen LogP) is 0.366. The van der Waals surface area contributed by atoms with Gasteiger partial charge in [0.1, 0.15) is 0 Å². The Morgan fingerprint density at radius 2 is 2.43 bits per heavy atom. The summed E-state index contributed by atoms with van der Waals surface area (Å²) in [6.45, 7) is 0. The molecule has 0 aliphatic heterocycles. The van der Waals surface area contributed by atoms with Crippen molar-refractivity contribution in [2.75, 3.05) is 0 Å². The van der Waals surface area contributed by atoms with Gasteiger partial charge >= 0.3 is 62.9 Å². The van der Waals surface area contributed by atoms with E-state index >= 15 is 0 Å². The molecule has 0 aliphatic rings. The molecule has 4 heteroatoms. The van der Waals surface area contributed by atoms with Gasteiger partial charge in [0.05, 0.1) is 0 Å². The van der Waals surface area contributed by atoms with E-state index in [2.05, 4.69) is 2.69 Å². The molecule has 0 saturated heterocycles. The van der Waals surface area contributed by atoms with Crippen molar-refractivity contribution in [3.05, 3.63) is 11.6 Å². The molecule has 0 bridgehead atoms. The number of halogens is 1. The van der Waals surface area contributed by atoms with Crippen LogP contribution in [-0.2, 0) is 7.48 Å². The second kappa shape index (κ2) is 4.58. The van der Waals surface area contributed by atoms with E-state index in [4.69, 9.17) is 11.6 Å². The van der Waals surface area contributed by atoms with Gasteiger partial charge in [0.2, 0.25) is 0 Å². The van der Waals surface area contributed by atoms with Gasteiger partial charge in [-0.2, -0.15) is 0 Å². The summed E-state index contributed by atoms with van der Waals surface area (Å²) in [4.78, 5) is 10.1. The third-order valence-electron chi connectivity index (χ3n) is 0.315. The molecule has 0 spiro atoms. The Labute approximate surface area is 62.8 Å². The zero-order chi connectivity index (χ0) is 5.70. The third-order valence-corrected chi connectivity index (χ3v) is 1.34. The Bertz CT molecular complexity index is 90.9. The fourth-order valence-corrected chi connectivity index (χ4v) is 0.499. The van der Waals surface area contributed by atoms with Crippen molar-refractivity contribution in [2.24, 2.45) is 0 Å². The molecule has 36 valence electrons. The quantitative estimate of drug-likeness (QED) is 0.517. The SMILES string of the molecule is O=C(C=CCl)[O][Tl]. The molecule has 0 aromatic heterocycles. The molecule has 0 unspecified atom stereocenters. The van der Waals surface area contributed by atoms with Crippen LogP contribution in [0.4, 0.5) is 0 Å². The summed E-state index contributed by atoms with van der Waals surface area (Å²) < 4.78 is 4.35. The van der Waals surface area contributed by atoms with Crippen LogP contribution in [0.5, 0.6) is 0 Å². The van der Waals surface area contributed by atoms with Crippen molar-refractivity contribution in [1.29, 1.82) is 0 Å². The normalized spacial score (nSPS) is 9.14. The molecule has 0 aromatic carbocycles. The average Bonchev–Trinajstić information content (AvgIpc) is 1.68. The van der Waals surface area contributed by atoms with E-state index in [0.29, 0.717) is 0 Å². The second-order valence-corrected chi connectivity index (χ2v) is 1.90. The van der Waals surface area contributed by atoms with Gasteiger partial charge in [-0.15, -0.1) is 0 Å². The molecule has 0 fully saturated rings. The van der Waals surface area contributed by atoms with Crippen molar-refractivity contribution < 1.29 is 7.48 Å². The molecule has 0 radical (unpaired) electrons. The number of hydrogen-bond acceptors (Lipinski definition) is 2. The molecule has 0 aromatic rings. The molecular formula is C3H2ClO2Tl. The van der Waals surface area contributed by atoms with Gasteiger partial charge < -0.3 is 0 Å². The summed E-state index contributed by atoms with van der Waals surface area (Å²) in [6.07, 6.45) is 1.17. The van der Waals surface area contributed by atoms with Crippen LogP contribution in [0.3, 0.4) is 0 Å². The average molecular weight is 310 g/mol. The van der Waals surface area contributed by atoms with Crippen molar-refractivity contribution in [2.45, 2.75) is 0 Å². The minimum absolute atomic E-state index is 0.255. The summed E-state index contributed by atoms with van der Waals surface area (Å²) in [5, 5.41) is 0. The van der Waals surface area contributed by atoms with Gasteiger partial charge in [-0.3, -0.25) is 0 Å². The van der Waals surface area contributed by atoms with Gasteiger partial charge in [0.15, 0.2) is 0 Å². The Morgan fingerprint density at radius 1 is 1.86 bits per heavy atom. The monoisotopic (exact) mass is 310 g/mol. The van der Waals surface area contributed by atoms with E-state index in [0.717, 1.165) is 5.54 Å². The maximum absolute atomic E-state index is 10.1. The predicted molar refractivity (Wildman–Crippen MR) is 26.8 cm³/mol. The van der Waals surface area contributed by atoms with E-state index in [9.17, 15) is 4.79 Å². The van der Waals surface area contributed by atoms with Gasteiger partial charge in [-0.25, -0.2) is 0 Å². The molecule has 0 saturated carbocycles. The standard InChI is InChI=1S/C3H3ClO2.Tl/c4-2-1-3(5)6;/h1-2H,(H,5,6);/q;+1/p-1. The first-order valence-corrected chi connectivity index (χ1v) is 3.75. The minimum atomic E-state index is -0.361. The van der Waals surface area contributed by atoms with Crippen molar-refractivity contribution in [3.8, 4) is 0 Å². The molecule has 0 N–H and O–H groups in total. The maximum atomic E-state index is 10.1. The zero-order valence-electron chi connectivity index (χ0n) is 3.43. The number of carbonyl (C=O) groups is 1. The number of carbonyl (C=O) groups excluding carboxylic acids is 1. The third kappa shape index (κ3) is 4.27. The van der Waals surface area contributed by atoms with E-state index in [1.807, 2.05) is 0 Å².